The zero-order valence-electron chi connectivity index (χ0n) is 21.1. The molecular weight excluding hydrogens is 486 g/mol. The first kappa shape index (κ1) is 26.4. The van der Waals surface area contributed by atoms with E-state index in [1.807, 2.05) is 20.8 Å². The Bertz CT molecular complexity index is 1040. The molecule has 10 heteroatoms. The van der Waals surface area contributed by atoms with Gasteiger partial charge in [-0.2, -0.15) is 0 Å². The van der Waals surface area contributed by atoms with Crippen LogP contribution in [-0.4, -0.2) is 65.7 Å². The lowest BCUT2D eigenvalue weighted by Crippen LogP contribution is -2.62. The van der Waals surface area contributed by atoms with Crippen molar-refractivity contribution in [2.24, 2.45) is 11.3 Å². The zero-order valence-corrected chi connectivity index (χ0v) is 21.8. The predicted octanol–water partition coefficient (Wildman–Crippen LogP) is 2.66. The number of halogens is 1. The largest absolute Gasteiger partial charge is 0.433 e. The number of fused-ring (bicyclic) bond motifs is 2. The summed E-state index contributed by atoms with van der Waals surface area (Å²) in [6.45, 7) is 7.74. The van der Waals surface area contributed by atoms with E-state index in [-0.39, 0.29) is 35.8 Å². The number of hydrogen-bond acceptors (Lipinski definition) is 6. The molecule has 0 aromatic heterocycles. The number of cyclic esters (lactones) is 1. The van der Waals surface area contributed by atoms with Crippen molar-refractivity contribution in [2.45, 2.75) is 83.8 Å². The topological polar surface area (TPSA) is 114 Å². The van der Waals surface area contributed by atoms with E-state index in [4.69, 9.17) is 21.1 Å². The minimum atomic E-state index is -0.872. The molecule has 4 rings (SSSR count). The summed E-state index contributed by atoms with van der Waals surface area (Å²) in [5.41, 5.74) is -0.339. The fourth-order valence-corrected chi connectivity index (χ4v) is 5.75. The molecule has 2 aliphatic heterocycles. The summed E-state index contributed by atoms with van der Waals surface area (Å²) in [6.07, 6.45) is 1.56. The lowest BCUT2D eigenvalue weighted by atomic mass is 9.84. The molecule has 0 spiro atoms. The summed E-state index contributed by atoms with van der Waals surface area (Å²) in [5.74, 6) is -1.48. The highest BCUT2D eigenvalue weighted by molar-refractivity contribution is 6.33. The fraction of sp³-hybridized carbons (Fsp3) is 0.615. The molecule has 9 nitrogen and oxygen atoms in total. The quantitative estimate of drug-likeness (QED) is 0.535. The number of nitrogens with one attached hydrogen (secondary N) is 2. The normalized spacial score (nSPS) is 28.1. The van der Waals surface area contributed by atoms with Gasteiger partial charge in [0, 0.05) is 12.6 Å². The van der Waals surface area contributed by atoms with Gasteiger partial charge in [0.1, 0.15) is 18.1 Å². The monoisotopic (exact) mass is 519 g/mol. The number of hydrogen-bond donors (Lipinski definition) is 2. The number of carbonyl (C=O) groups excluding carboxylic acids is 4. The van der Waals surface area contributed by atoms with Crippen LogP contribution in [0.25, 0.3) is 0 Å². The zero-order chi connectivity index (χ0) is 26.2. The van der Waals surface area contributed by atoms with Gasteiger partial charge in [-0.25, -0.2) is 0 Å². The van der Waals surface area contributed by atoms with E-state index in [1.165, 1.54) is 0 Å². The number of likely N-dealkylation sites (tertiary alicyclic amines) is 1. The van der Waals surface area contributed by atoms with Crippen molar-refractivity contribution in [3.05, 3.63) is 34.9 Å². The molecule has 3 amide bonds. The van der Waals surface area contributed by atoms with Crippen LogP contribution in [0.3, 0.4) is 0 Å². The second-order valence-corrected chi connectivity index (χ2v) is 11.2. The van der Waals surface area contributed by atoms with Crippen LogP contribution in [0.1, 0.15) is 63.7 Å². The smallest absolute Gasteiger partial charge is 0.310 e. The van der Waals surface area contributed by atoms with Crippen LogP contribution in [0.5, 0.6) is 0 Å². The molecule has 3 unspecified atom stereocenters. The third kappa shape index (κ3) is 5.22. The Hall–Kier alpha value is -2.65. The summed E-state index contributed by atoms with van der Waals surface area (Å²) in [4.78, 5) is 54.0. The van der Waals surface area contributed by atoms with Crippen LogP contribution in [0.15, 0.2) is 24.3 Å². The molecule has 1 aromatic carbocycles. The van der Waals surface area contributed by atoms with Crippen LogP contribution in [-0.2, 0) is 23.9 Å². The Morgan fingerprint density at radius 3 is 2.61 bits per heavy atom. The van der Waals surface area contributed by atoms with E-state index in [2.05, 4.69) is 10.6 Å². The van der Waals surface area contributed by atoms with E-state index in [1.54, 1.807) is 36.1 Å². The number of esters is 1. The molecule has 36 heavy (non-hydrogen) atoms. The molecule has 2 heterocycles. The number of piperidine rings is 1. The number of benzene rings is 1. The van der Waals surface area contributed by atoms with Gasteiger partial charge in [0.2, 0.25) is 18.1 Å². The molecule has 0 radical (unpaired) electrons. The third-order valence-electron chi connectivity index (χ3n) is 7.24. The highest BCUT2D eigenvalue weighted by Gasteiger charge is 2.54. The van der Waals surface area contributed by atoms with Crippen LogP contribution in [0, 0.1) is 11.3 Å². The van der Waals surface area contributed by atoms with Gasteiger partial charge in [-0.1, -0.05) is 44.5 Å². The lowest BCUT2D eigenvalue weighted by Gasteiger charge is -2.40. The maximum Gasteiger partial charge on any atom is 0.310 e. The van der Waals surface area contributed by atoms with E-state index in [0.29, 0.717) is 11.6 Å². The van der Waals surface area contributed by atoms with Crippen LogP contribution >= 0.6 is 11.6 Å². The summed E-state index contributed by atoms with van der Waals surface area (Å²) in [6, 6.07) is 4.42. The summed E-state index contributed by atoms with van der Waals surface area (Å²) in [7, 11) is 0. The van der Waals surface area contributed by atoms with Gasteiger partial charge in [0.15, 0.2) is 0 Å². The standard InChI is InChI=1S/C26H34ClN3O6/c1-5-35-25-18(13-19(31)36-25)28-23(33)20-14-10-11-15(12-14)30(20)24(34)21(26(2,3)4)29-22(32)16-8-6-7-9-17(16)27/h6-9,14-15,18,20-21,25H,5,10-13H2,1-4H3,(H,28,33)(H,29,32)/t14-,15?,18?,20?,21+,25+/m0/s1. The molecule has 3 fully saturated rings. The van der Waals surface area contributed by atoms with Crippen molar-refractivity contribution in [3.63, 3.8) is 0 Å². The molecule has 6 atom stereocenters. The Labute approximate surface area is 216 Å². The number of ether oxygens (including phenoxy) is 2. The number of nitrogens with zero attached hydrogens (tertiary/aromatic N) is 1. The SMILES string of the molecule is CCO[C@@H]1OC(=O)CC1NC(=O)C1[C@H]2CCC(C2)N1C(=O)[C@@H](NC(=O)c1ccccc1Cl)C(C)(C)C. The van der Waals surface area contributed by atoms with Crippen molar-refractivity contribution in [3.8, 4) is 0 Å². The third-order valence-corrected chi connectivity index (χ3v) is 7.57. The van der Waals surface area contributed by atoms with E-state index < -0.39 is 41.7 Å². The molecule has 196 valence electrons. The second-order valence-electron chi connectivity index (χ2n) is 10.8. The highest BCUT2D eigenvalue weighted by atomic mass is 35.5. The van der Waals surface area contributed by atoms with E-state index in [0.717, 1.165) is 19.3 Å². The minimum absolute atomic E-state index is 0.0161. The van der Waals surface area contributed by atoms with Crippen molar-refractivity contribution in [2.75, 3.05) is 6.61 Å². The molecule has 1 saturated carbocycles. The molecule has 2 N–H and O–H groups in total. The van der Waals surface area contributed by atoms with Gasteiger partial charge in [-0.3, -0.25) is 19.2 Å². The van der Waals surface area contributed by atoms with Gasteiger partial charge in [-0.05, 0) is 49.7 Å². The van der Waals surface area contributed by atoms with Gasteiger partial charge in [-0.15, -0.1) is 0 Å². The van der Waals surface area contributed by atoms with Gasteiger partial charge in [0.05, 0.1) is 17.0 Å². The van der Waals surface area contributed by atoms with Crippen molar-refractivity contribution in [1.29, 1.82) is 0 Å². The maximum atomic E-state index is 14.0. The first-order valence-electron chi connectivity index (χ1n) is 12.5. The van der Waals surface area contributed by atoms with E-state index >= 15 is 0 Å². The number of amides is 3. The summed E-state index contributed by atoms with van der Waals surface area (Å²) in [5, 5.41) is 6.08. The lowest BCUT2D eigenvalue weighted by molar-refractivity contribution is -0.165. The Morgan fingerprint density at radius 2 is 1.94 bits per heavy atom. The average Bonchev–Trinajstić information content (AvgIpc) is 3.51. The first-order valence-corrected chi connectivity index (χ1v) is 12.9. The molecule has 1 aromatic rings. The number of carbonyl (C=O) groups is 4. The molecular formula is C26H34ClN3O6. The average molecular weight is 520 g/mol. The fourth-order valence-electron chi connectivity index (χ4n) is 5.53. The van der Waals surface area contributed by atoms with Gasteiger partial charge < -0.3 is 25.0 Å². The van der Waals surface area contributed by atoms with Gasteiger partial charge >= 0.3 is 5.97 Å². The number of rotatable bonds is 7. The van der Waals surface area contributed by atoms with Crippen molar-refractivity contribution in [1.82, 2.24) is 15.5 Å². The summed E-state index contributed by atoms with van der Waals surface area (Å²) < 4.78 is 10.6. The van der Waals surface area contributed by atoms with Gasteiger partial charge in [0.25, 0.3) is 5.91 Å². The molecule has 3 aliphatic rings. The second kappa shape index (κ2) is 10.4. The van der Waals surface area contributed by atoms with E-state index in [9.17, 15) is 19.2 Å². The molecule has 1 aliphatic carbocycles. The predicted molar refractivity (Wildman–Crippen MR) is 132 cm³/mol. The highest BCUT2D eigenvalue weighted by Crippen LogP contribution is 2.44. The Balaban J connectivity index is 1.55. The van der Waals surface area contributed by atoms with Crippen molar-refractivity contribution < 1.29 is 28.7 Å². The first-order chi connectivity index (χ1) is 17.0. The Morgan fingerprint density at radius 1 is 1.22 bits per heavy atom. The Kier molecular flexibility index (Phi) is 7.61. The minimum Gasteiger partial charge on any atom is -0.433 e. The molecule has 2 bridgehead atoms. The van der Waals surface area contributed by atoms with Crippen molar-refractivity contribution >= 4 is 35.3 Å². The molecule has 2 saturated heterocycles. The van der Waals surface area contributed by atoms with Crippen LogP contribution < -0.4 is 10.6 Å². The van der Waals surface area contributed by atoms with Crippen LogP contribution in [0.4, 0.5) is 0 Å². The maximum absolute atomic E-state index is 14.0. The summed E-state index contributed by atoms with van der Waals surface area (Å²) >= 11 is 6.21. The van der Waals surface area contributed by atoms with Crippen LogP contribution in [0.2, 0.25) is 5.02 Å².